The molecule has 106 valence electrons. The summed E-state index contributed by atoms with van der Waals surface area (Å²) in [6.45, 7) is 5.47. The fourth-order valence-corrected chi connectivity index (χ4v) is 1.52. The number of para-hydroxylation sites is 1. The van der Waals surface area contributed by atoms with Crippen LogP contribution in [-0.2, 0) is 4.74 Å². The minimum atomic E-state index is -1.04. The molecule has 0 amide bonds. The van der Waals surface area contributed by atoms with Crippen molar-refractivity contribution in [1.82, 2.24) is 0 Å². The van der Waals surface area contributed by atoms with Gasteiger partial charge < -0.3 is 19.3 Å². The second kappa shape index (κ2) is 7.63. The molecule has 0 aliphatic carbocycles. The fraction of sp³-hybridized carbons (Fsp3) is 0.500. The summed E-state index contributed by atoms with van der Waals surface area (Å²) in [6, 6.07) is 4.76. The Kier molecular flexibility index (Phi) is 6.15. The van der Waals surface area contributed by atoms with E-state index >= 15 is 0 Å². The molecule has 0 radical (unpaired) electrons. The van der Waals surface area contributed by atoms with Crippen molar-refractivity contribution in [1.29, 1.82) is 0 Å². The lowest BCUT2D eigenvalue weighted by Gasteiger charge is -2.13. The summed E-state index contributed by atoms with van der Waals surface area (Å²) < 4.78 is 16.0. The van der Waals surface area contributed by atoms with Crippen molar-refractivity contribution in [3.05, 3.63) is 23.8 Å². The second-order valence-electron chi connectivity index (χ2n) is 4.46. The molecule has 1 N–H and O–H groups in total. The van der Waals surface area contributed by atoms with E-state index in [2.05, 4.69) is 13.8 Å². The molecule has 0 spiro atoms. The average molecular weight is 268 g/mol. The molecular formula is C14H20O5. The van der Waals surface area contributed by atoms with Crippen LogP contribution in [0, 0.1) is 5.92 Å². The Balaban J connectivity index is 2.63. The molecule has 1 aromatic rings. The molecule has 1 aromatic carbocycles. The van der Waals surface area contributed by atoms with Crippen LogP contribution in [0.1, 0.15) is 24.2 Å². The van der Waals surface area contributed by atoms with Crippen molar-refractivity contribution in [3.8, 4) is 11.5 Å². The number of ether oxygens (including phenoxy) is 3. The van der Waals surface area contributed by atoms with E-state index < -0.39 is 5.97 Å². The smallest absolute Gasteiger partial charge is 0.339 e. The van der Waals surface area contributed by atoms with Gasteiger partial charge in [0.2, 0.25) is 0 Å². The first-order chi connectivity index (χ1) is 9.06. The molecule has 0 atom stereocenters. The van der Waals surface area contributed by atoms with Gasteiger partial charge >= 0.3 is 5.97 Å². The number of hydrogen-bond donors (Lipinski definition) is 1. The number of rotatable bonds is 8. The van der Waals surface area contributed by atoms with E-state index in [-0.39, 0.29) is 17.9 Å². The Morgan fingerprint density at radius 2 is 2.05 bits per heavy atom. The molecule has 0 heterocycles. The molecule has 0 saturated heterocycles. The van der Waals surface area contributed by atoms with Gasteiger partial charge in [-0.25, -0.2) is 4.79 Å². The molecule has 5 heteroatoms. The van der Waals surface area contributed by atoms with Gasteiger partial charge in [-0.2, -0.15) is 0 Å². The van der Waals surface area contributed by atoms with Gasteiger partial charge in [0.1, 0.15) is 12.2 Å². The molecule has 1 rings (SSSR count). The van der Waals surface area contributed by atoms with Crippen LogP contribution in [0.3, 0.4) is 0 Å². The summed E-state index contributed by atoms with van der Waals surface area (Å²) in [5, 5.41) is 9.09. The number of carbonyl (C=O) groups is 1. The predicted octanol–water partition coefficient (Wildman–Crippen LogP) is 2.44. The molecule has 0 aliphatic rings. The maximum absolute atomic E-state index is 11.1. The van der Waals surface area contributed by atoms with Gasteiger partial charge in [0.15, 0.2) is 11.5 Å². The van der Waals surface area contributed by atoms with Crippen LogP contribution in [0.15, 0.2) is 18.2 Å². The van der Waals surface area contributed by atoms with Gasteiger partial charge in [0, 0.05) is 6.61 Å². The highest BCUT2D eigenvalue weighted by atomic mass is 16.5. The van der Waals surface area contributed by atoms with Crippen LogP contribution in [0.4, 0.5) is 0 Å². The van der Waals surface area contributed by atoms with Gasteiger partial charge in [-0.05, 0) is 18.1 Å². The molecule has 0 aromatic heterocycles. The van der Waals surface area contributed by atoms with Crippen LogP contribution >= 0.6 is 0 Å². The summed E-state index contributed by atoms with van der Waals surface area (Å²) >= 11 is 0. The number of benzene rings is 1. The zero-order valence-electron chi connectivity index (χ0n) is 11.5. The quantitative estimate of drug-likeness (QED) is 0.734. The minimum absolute atomic E-state index is 0.0863. The van der Waals surface area contributed by atoms with Gasteiger partial charge in [0.25, 0.3) is 0 Å². The summed E-state index contributed by atoms with van der Waals surface area (Å²) in [5.74, 6) is 0.0623. The van der Waals surface area contributed by atoms with E-state index in [1.165, 1.54) is 13.2 Å². The summed E-state index contributed by atoms with van der Waals surface area (Å²) in [5.41, 5.74) is 0.0863. The van der Waals surface area contributed by atoms with E-state index in [1.54, 1.807) is 12.1 Å². The molecule has 0 bridgehead atoms. The number of carboxylic acid groups (broad SMARTS) is 1. The minimum Gasteiger partial charge on any atom is -0.493 e. The summed E-state index contributed by atoms with van der Waals surface area (Å²) in [4.78, 5) is 11.1. The Morgan fingerprint density at radius 1 is 1.32 bits per heavy atom. The SMILES string of the molecule is COc1cccc(C(=O)O)c1OCCOCC(C)C. The molecule has 5 nitrogen and oxygen atoms in total. The third-order valence-electron chi connectivity index (χ3n) is 2.35. The zero-order chi connectivity index (χ0) is 14.3. The van der Waals surface area contributed by atoms with Crippen molar-refractivity contribution in [2.24, 2.45) is 5.92 Å². The first-order valence-electron chi connectivity index (χ1n) is 6.17. The first-order valence-corrected chi connectivity index (χ1v) is 6.17. The van der Waals surface area contributed by atoms with Crippen LogP contribution in [0.5, 0.6) is 11.5 Å². The van der Waals surface area contributed by atoms with Crippen molar-refractivity contribution in [3.63, 3.8) is 0 Å². The Labute approximate surface area is 113 Å². The lowest BCUT2D eigenvalue weighted by Crippen LogP contribution is -2.12. The third kappa shape index (κ3) is 4.79. The monoisotopic (exact) mass is 268 g/mol. The summed E-state index contributed by atoms with van der Waals surface area (Å²) in [7, 11) is 1.48. The lowest BCUT2D eigenvalue weighted by molar-refractivity contribution is 0.0674. The van der Waals surface area contributed by atoms with Gasteiger partial charge in [-0.1, -0.05) is 19.9 Å². The van der Waals surface area contributed by atoms with Gasteiger partial charge in [0.05, 0.1) is 13.7 Å². The molecule has 0 aliphatic heterocycles. The highest BCUT2D eigenvalue weighted by Crippen LogP contribution is 2.30. The maximum Gasteiger partial charge on any atom is 0.339 e. The van der Waals surface area contributed by atoms with E-state index in [0.29, 0.717) is 24.9 Å². The van der Waals surface area contributed by atoms with E-state index in [1.807, 2.05) is 0 Å². The van der Waals surface area contributed by atoms with Crippen molar-refractivity contribution in [2.75, 3.05) is 26.9 Å². The van der Waals surface area contributed by atoms with Crippen LogP contribution < -0.4 is 9.47 Å². The van der Waals surface area contributed by atoms with Gasteiger partial charge in [-0.3, -0.25) is 0 Å². The normalized spacial score (nSPS) is 10.5. The second-order valence-corrected chi connectivity index (χ2v) is 4.46. The molecule has 0 saturated carbocycles. The number of hydrogen-bond acceptors (Lipinski definition) is 4. The van der Waals surface area contributed by atoms with Crippen molar-refractivity contribution >= 4 is 5.97 Å². The molecule has 19 heavy (non-hydrogen) atoms. The molecular weight excluding hydrogens is 248 g/mol. The largest absolute Gasteiger partial charge is 0.493 e. The van der Waals surface area contributed by atoms with Gasteiger partial charge in [-0.15, -0.1) is 0 Å². The topological polar surface area (TPSA) is 65.0 Å². The number of carboxylic acids is 1. The standard InChI is InChI=1S/C14H20O5/c1-10(2)9-18-7-8-19-13-11(14(15)16)5-4-6-12(13)17-3/h4-6,10H,7-9H2,1-3H3,(H,15,16). The lowest BCUT2D eigenvalue weighted by atomic mass is 10.2. The van der Waals surface area contributed by atoms with Crippen LogP contribution in [-0.4, -0.2) is 38.0 Å². The predicted molar refractivity (Wildman–Crippen MR) is 71.1 cm³/mol. The zero-order valence-corrected chi connectivity index (χ0v) is 11.5. The Morgan fingerprint density at radius 3 is 2.63 bits per heavy atom. The first kappa shape index (κ1) is 15.3. The van der Waals surface area contributed by atoms with E-state index in [0.717, 1.165) is 0 Å². The molecule has 0 unspecified atom stereocenters. The number of aromatic carboxylic acids is 1. The van der Waals surface area contributed by atoms with E-state index in [4.69, 9.17) is 19.3 Å². The maximum atomic E-state index is 11.1. The van der Waals surface area contributed by atoms with Crippen LogP contribution in [0.25, 0.3) is 0 Å². The Hall–Kier alpha value is -1.75. The third-order valence-corrected chi connectivity index (χ3v) is 2.35. The van der Waals surface area contributed by atoms with Crippen LogP contribution in [0.2, 0.25) is 0 Å². The number of methoxy groups -OCH3 is 1. The highest BCUT2D eigenvalue weighted by Gasteiger charge is 2.15. The average Bonchev–Trinajstić information content (AvgIpc) is 2.37. The van der Waals surface area contributed by atoms with E-state index in [9.17, 15) is 4.79 Å². The van der Waals surface area contributed by atoms with Crippen molar-refractivity contribution < 1.29 is 24.1 Å². The molecule has 0 fully saturated rings. The summed E-state index contributed by atoms with van der Waals surface area (Å²) in [6.07, 6.45) is 0. The fourth-order valence-electron chi connectivity index (χ4n) is 1.52. The van der Waals surface area contributed by atoms with Crippen molar-refractivity contribution in [2.45, 2.75) is 13.8 Å². The highest BCUT2D eigenvalue weighted by molar-refractivity contribution is 5.92. The Bertz CT molecular complexity index is 414.